The Kier molecular flexibility index (Phi) is 5.37. The molecule has 3 rings (SSSR count). The number of carbonyl (C=O) groups is 1. The molecule has 5 nitrogen and oxygen atoms in total. The Morgan fingerprint density at radius 2 is 2.20 bits per heavy atom. The highest BCUT2D eigenvalue weighted by Crippen LogP contribution is 2.33. The standard InChI is InChI=1S/C13H20N4OS.ClH/c1-10(18)17(12-2-3-12)13-15-11(9-19-13)8-16-6-4-14-5-7-16;/h9,12,14H,2-8H2,1H3;1H. The van der Waals surface area contributed by atoms with Crippen LogP contribution < -0.4 is 10.2 Å². The summed E-state index contributed by atoms with van der Waals surface area (Å²) in [6.45, 7) is 6.79. The third kappa shape index (κ3) is 3.69. The lowest BCUT2D eigenvalue weighted by Crippen LogP contribution is -2.42. The molecule has 1 aromatic rings. The van der Waals surface area contributed by atoms with Gasteiger partial charge >= 0.3 is 0 Å². The van der Waals surface area contributed by atoms with Gasteiger partial charge in [0.25, 0.3) is 0 Å². The molecule has 0 unspecified atom stereocenters. The minimum atomic E-state index is 0. The number of hydrogen-bond acceptors (Lipinski definition) is 5. The van der Waals surface area contributed by atoms with Crippen molar-refractivity contribution in [1.82, 2.24) is 15.2 Å². The number of amides is 1. The van der Waals surface area contributed by atoms with Crippen LogP contribution in [-0.2, 0) is 11.3 Å². The molecule has 1 amide bonds. The molecular formula is C13H21ClN4OS. The number of halogens is 1. The molecule has 1 aromatic heterocycles. The molecule has 20 heavy (non-hydrogen) atoms. The zero-order valence-corrected chi connectivity index (χ0v) is 13.3. The van der Waals surface area contributed by atoms with Gasteiger partial charge in [-0.15, -0.1) is 23.7 Å². The number of nitrogens with one attached hydrogen (secondary N) is 1. The SMILES string of the molecule is CC(=O)N(c1nc(CN2CCNCC2)cs1)C1CC1.Cl. The fraction of sp³-hybridized carbons (Fsp3) is 0.692. The van der Waals surface area contributed by atoms with Crippen LogP contribution in [0.25, 0.3) is 0 Å². The van der Waals surface area contributed by atoms with Crippen LogP contribution in [0, 0.1) is 0 Å². The van der Waals surface area contributed by atoms with Gasteiger partial charge in [-0.1, -0.05) is 0 Å². The lowest BCUT2D eigenvalue weighted by Gasteiger charge is -2.26. The molecule has 2 aliphatic rings. The van der Waals surface area contributed by atoms with E-state index in [9.17, 15) is 4.79 Å². The van der Waals surface area contributed by atoms with Gasteiger partial charge < -0.3 is 5.32 Å². The lowest BCUT2D eigenvalue weighted by atomic mass is 10.3. The molecule has 0 atom stereocenters. The Labute approximate surface area is 129 Å². The van der Waals surface area contributed by atoms with Gasteiger partial charge in [-0.3, -0.25) is 14.6 Å². The zero-order valence-electron chi connectivity index (χ0n) is 11.7. The largest absolute Gasteiger partial charge is 0.314 e. The first-order chi connectivity index (χ1) is 9.24. The first-order valence-electron chi connectivity index (χ1n) is 6.91. The number of rotatable bonds is 4. The summed E-state index contributed by atoms with van der Waals surface area (Å²) in [5.41, 5.74) is 1.09. The maximum absolute atomic E-state index is 11.7. The molecule has 2 heterocycles. The normalized spacial score (nSPS) is 19.4. The Morgan fingerprint density at radius 1 is 1.50 bits per heavy atom. The molecule has 0 spiro atoms. The Hall–Kier alpha value is -0.690. The van der Waals surface area contributed by atoms with Crippen molar-refractivity contribution >= 4 is 34.8 Å². The third-order valence-corrected chi connectivity index (χ3v) is 4.48. The second-order valence-corrected chi connectivity index (χ2v) is 6.10. The number of carbonyl (C=O) groups excluding carboxylic acids is 1. The Morgan fingerprint density at radius 3 is 2.80 bits per heavy atom. The van der Waals surface area contributed by atoms with E-state index in [1.165, 1.54) is 0 Å². The molecule has 1 saturated carbocycles. The van der Waals surface area contributed by atoms with Gasteiger partial charge in [0.2, 0.25) is 5.91 Å². The number of aromatic nitrogens is 1. The van der Waals surface area contributed by atoms with E-state index >= 15 is 0 Å². The number of anilines is 1. The van der Waals surface area contributed by atoms with Crippen molar-refractivity contribution in [3.8, 4) is 0 Å². The molecule has 112 valence electrons. The smallest absolute Gasteiger partial charge is 0.225 e. The average Bonchev–Trinajstić information content (AvgIpc) is 3.11. The van der Waals surface area contributed by atoms with E-state index in [0.29, 0.717) is 6.04 Å². The predicted molar refractivity (Wildman–Crippen MR) is 83.7 cm³/mol. The van der Waals surface area contributed by atoms with Crippen molar-refractivity contribution in [1.29, 1.82) is 0 Å². The number of nitrogens with zero attached hydrogens (tertiary/aromatic N) is 3. The van der Waals surface area contributed by atoms with Crippen LogP contribution in [0.2, 0.25) is 0 Å². The van der Waals surface area contributed by atoms with Gasteiger partial charge in [0.15, 0.2) is 5.13 Å². The van der Waals surface area contributed by atoms with Gasteiger partial charge in [0.05, 0.1) is 5.69 Å². The quantitative estimate of drug-likeness (QED) is 0.914. The average molecular weight is 317 g/mol. The fourth-order valence-corrected chi connectivity index (χ4v) is 3.39. The summed E-state index contributed by atoms with van der Waals surface area (Å²) in [4.78, 5) is 20.6. The monoisotopic (exact) mass is 316 g/mol. The highest BCUT2D eigenvalue weighted by atomic mass is 35.5. The van der Waals surface area contributed by atoms with Crippen molar-refractivity contribution in [3.05, 3.63) is 11.1 Å². The molecule has 0 bridgehead atoms. The van der Waals surface area contributed by atoms with E-state index in [1.807, 2.05) is 4.90 Å². The van der Waals surface area contributed by atoms with Crippen LogP contribution in [0.4, 0.5) is 5.13 Å². The molecule has 1 saturated heterocycles. The van der Waals surface area contributed by atoms with Crippen LogP contribution >= 0.6 is 23.7 Å². The molecule has 7 heteroatoms. The Bertz CT molecular complexity index is 457. The molecule has 2 fully saturated rings. The Balaban J connectivity index is 0.00000147. The van der Waals surface area contributed by atoms with Crippen molar-refractivity contribution < 1.29 is 4.79 Å². The summed E-state index contributed by atoms with van der Waals surface area (Å²) >= 11 is 1.59. The summed E-state index contributed by atoms with van der Waals surface area (Å²) in [7, 11) is 0. The van der Waals surface area contributed by atoms with Gasteiger partial charge in [0.1, 0.15) is 0 Å². The highest BCUT2D eigenvalue weighted by Gasteiger charge is 2.33. The van der Waals surface area contributed by atoms with Crippen LogP contribution in [0.3, 0.4) is 0 Å². The molecule has 0 aromatic carbocycles. The molecule has 1 N–H and O–H groups in total. The second-order valence-electron chi connectivity index (χ2n) is 5.27. The summed E-state index contributed by atoms with van der Waals surface area (Å²) in [6.07, 6.45) is 2.23. The fourth-order valence-electron chi connectivity index (χ4n) is 2.46. The van der Waals surface area contributed by atoms with Crippen molar-refractivity contribution in [3.63, 3.8) is 0 Å². The number of piperazine rings is 1. The van der Waals surface area contributed by atoms with Crippen LogP contribution in [-0.4, -0.2) is 48.0 Å². The van der Waals surface area contributed by atoms with Gasteiger partial charge in [-0.2, -0.15) is 0 Å². The van der Waals surface area contributed by atoms with Gasteiger partial charge in [-0.25, -0.2) is 4.98 Å². The van der Waals surface area contributed by atoms with Crippen LogP contribution in [0.15, 0.2) is 5.38 Å². The maximum atomic E-state index is 11.7. The first-order valence-corrected chi connectivity index (χ1v) is 7.79. The van der Waals surface area contributed by atoms with Crippen LogP contribution in [0.1, 0.15) is 25.5 Å². The maximum Gasteiger partial charge on any atom is 0.225 e. The van der Waals surface area contributed by atoms with E-state index in [1.54, 1.807) is 18.3 Å². The molecule has 1 aliphatic heterocycles. The highest BCUT2D eigenvalue weighted by molar-refractivity contribution is 7.14. The van der Waals surface area contributed by atoms with E-state index < -0.39 is 0 Å². The summed E-state index contributed by atoms with van der Waals surface area (Å²) in [5, 5.41) is 6.32. The number of thiazole rings is 1. The topological polar surface area (TPSA) is 48.5 Å². The summed E-state index contributed by atoms with van der Waals surface area (Å²) < 4.78 is 0. The van der Waals surface area contributed by atoms with E-state index in [-0.39, 0.29) is 18.3 Å². The summed E-state index contributed by atoms with van der Waals surface area (Å²) in [5.74, 6) is 0.116. The predicted octanol–water partition coefficient (Wildman–Crippen LogP) is 1.49. The van der Waals surface area contributed by atoms with Crippen LogP contribution in [0.5, 0.6) is 0 Å². The lowest BCUT2D eigenvalue weighted by molar-refractivity contribution is -0.116. The zero-order chi connectivity index (χ0) is 13.2. The van der Waals surface area contributed by atoms with E-state index in [4.69, 9.17) is 0 Å². The molecular weight excluding hydrogens is 296 g/mol. The first kappa shape index (κ1) is 15.7. The van der Waals surface area contributed by atoms with Crippen molar-refractivity contribution in [2.45, 2.75) is 32.4 Å². The minimum Gasteiger partial charge on any atom is -0.314 e. The third-order valence-electron chi connectivity index (χ3n) is 3.59. The van der Waals surface area contributed by atoms with E-state index in [2.05, 4.69) is 20.6 Å². The van der Waals surface area contributed by atoms with Gasteiger partial charge in [-0.05, 0) is 12.8 Å². The van der Waals surface area contributed by atoms with E-state index in [0.717, 1.165) is 56.4 Å². The number of hydrogen-bond donors (Lipinski definition) is 1. The van der Waals surface area contributed by atoms with Crippen molar-refractivity contribution in [2.75, 3.05) is 31.1 Å². The minimum absolute atomic E-state index is 0. The summed E-state index contributed by atoms with van der Waals surface area (Å²) in [6, 6.07) is 0.399. The molecule has 0 radical (unpaired) electrons. The molecule has 1 aliphatic carbocycles. The van der Waals surface area contributed by atoms with Crippen molar-refractivity contribution in [2.24, 2.45) is 0 Å². The van der Waals surface area contributed by atoms with Gasteiger partial charge in [0, 0.05) is 51.1 Å². The second kappa shape index (κ2) is 6.85.